The second-order valence-electron chi connectivity index (χ2n) is 7.41. The lowest BCUT2D eigenvalue weighted by Gasteiger charge is -2.18. The highest BCUT2D eigenvalue weighted by molar-refractivity contribution is 5.81. The molecule has 0 bridgehead atoms. The predicted molar refractivity (Wildman–Crippen MR) is 115 cm³/mol. The van der Waals surface area contributed by atoms with Crippen LogP contribution in [-0.2, 0) is 19.4 Å². The fourth-order valence-corrected chi connectivity index (χ4v) is 3.84. The predicted octanol–water partition coefficient (Wildman–Crippen LogP) is 3.48. The number of aryl methyl sites for hydroxylation is 4. The second-order valence-corrected chi connectivity index (χ2v) is 7.41. The van der Waals surface area contributed by atoms with E-state index < -0.39 is 11.2 Å². The Morgan fingerprint density at radius 3 is 2.59 bits per heavy atom. The van der Waals surface area contributed by atoms with Crippen molar-refractivity contribution >= 4 is 11.0 Å². The van der Waals surface area contributed by atoms with Gasteiger partial charge in [-0.15, -0.1) is 0 Å². The number of hydrogen-bond acceptors (Lipinski definition) is 4. The maximum atomic E-state index is 12.4. The maximum absolute atomic E-state index is 12.4. The van der Waals surface area contributed by atoms with Crippen molar-refractivity contribution in [1.29, 1.82) is 0 Å². The molecular weight excluding hydrogens is 364 g/mol. The highest BCUT2D eigenvalue weighted by Crippen LogP contribution is 2.25. The maximum Gasteiger partial charge on any atom is 0.349 e. The van der Waals surface area contributed by atoms with Gasteiger partial charge < -0.3 is 4.57 Å². The van der Waals surface area contributed by atoms with Crippen LogP contribution in [0.25, 0.3) is 22.6 Å². The summed E-state index contributed by atoms with van der Waals surface area (Å²) in [7, 11) is 0. The number of benzene rings is 2. The molecule has 0 saturated carbocycles. The Morgan fingerprint density at radius 2 is 1.83 bits per heavy atom. The van der Waals surface area contributed by atoms with Gasteiger partial charge in [-0.1, -0.05) is 43.7 Å². The zero-order valence-electron chi connectivity index (χ0n) is 16.7. The van der Waals surface area contributed by atoms with Crippen molar-refractivity contribution in [1.82, 2.24) is 19.5 Å². The van der Waals surface area contributed by atoms with Crippen molar-refractivity contribution in [2.45, 2.75) is 46.1 Å². The molecule has 1 N–H and O–H groups in total. The summed E-state index contributed by atoms with van der Waals surface area (Å²) in [6.07, 6.45) is 3.78. The molecule has 2 heterocycles. The van der Waals surface area contributed by atoms with E-state index in [0.717, 1.165) is 42.3 Å². The van der Waals surface area contributed by atoms with Crippen LogP contribution in [0.2, 0.25) is 0 Å². The number of aromatic nitrogens is 4. The number of nitrogens with zero attached hydrogens (tertiary/aromatic N) is 3. The van der Waals surface area contributed by atoms with E-state index in [1.165, 1.54) is 11.1 Å². The van der Waals surface area contributed by atoms with Crippen LogP contribution in [0.4, 0.5) is 0 Å². The van der Waals surface area contributed by atoms with E-state index >= 15 is 0 Å². The molecule has 6 nitrogen and oxygen atoms in total. The van der Waals surface area contributed by atoms with E-state index in [4.69, 9.17) is 0 Å². The highest BCUT2D eigenvalue weighted by atomic mass is 16.2. The van der Waals surface area contributed by atoms with E-state index in [9.17, 15) is 9.59 Å². The molecule has 0 atom stereocenters. The molecule has 0 saturated heterocycles. The normalized spacial score (nSPS) is 11.4. The topological polar surface area (TPSA) is 80.6 Å². The van der Waals surface area contributed by atoms with E-state index in [1.54, 1.807) is 0 Å². The Labute approximate surface area is 168 Å². The Hall–Kier alpha value is -3.28. The summed E-state index contributed by atoms with van der Waals surface area (Å²) in [6, 6.07) is 14.4. The summed E-state index contributed by atoms with van der Waals surface area (Å²) in [5.41, 5.74) is 4.41. The monoisotopic (exact) mass is 388 g/mol. The van der Waals surface area contributed by atoms with Gasteiger partial charge in [-0.2, -0.15) is 4.98 Å². The number of aromatic amines is 1. The Morgan fingerprint density at radius 1 is 1.03 bits per heavy atom. The molecule has 0 spiro atoms. The van der Waals surface area contributed by atoms with Crippen molar-refractivity contribution in [3.63, 3.8) is 0 Å². The standard InChI is InChI=1S/C23H24N4O2/c1-3-8-17-14-19-18(13-15(17)2)24-20-21(25-23(29)26-22(20)28)27(19)12-7-11-16-9-5-4-6-10-16/h4-6,9-10,13-14H,3,7-8,11-12H2,1-2H3,(H,26,28,29). The first-order valence-corrected chi connectivity index (χ1v) is 10.0. The molecule has 2 aromatic carbocycles. The minimum Gasteiger partial charge on any atom is -0.322 e. The number of hydrogen-bond donors (Lipinski definition) is 1. The summed E-state index contributed by atoms with van der Waals surface area (Å²) in [5, 5.41) is 0. The molecule has 4 rings (SSSR count). The Balaban J connectivity index is 1.85. The van der Waals surface area contributed by atoms with Gasteiger partial charge in [0.05, 0.1) is 11.0 Å². The summed E-state index contributed by atoms with van der Waals surface area (Å²) in [6.45, 7) is 4.87. The van der Waals surface area contributed by atoms with Gasteiger partial charge in [0.1, 0.15) is 0 Å². The quantitative estimate of drug-likeness (QED) is 0.513. The van der Waals surface area contributed by atoms with Crippen molar-refractivity contribution < 1.29 is 0 Å². The molecule has 2 aliphatic heterocycles. The van der Waals surface area contributed by atoms with Crippen molar-refractivity contribution in [3.05, 3.63) is 80.0 Å². The van der Waals surface area contributed by atoms with Crippen LogP contribution in [0, 0.1) is 6.92 Å². The van der Waals surface area contributed by atoms with Gasteiger partial charge in [-0.3, -0.25) is 9.78 Å². The highest BCUT2D eigenvalue weighted by Gasteiger charge is 2.19. The summed E-state index contributed by atoms with van der Waals surface area (Å²) in [5.74, 6) is 0.352. The molecule has 148 valence electrons. The minimum absolute atomic E-state index is 0.208. The third-order valence-corrected chi connectivity index (χ3v) is 5.28. The van der Waals surface area contributed by atoms with Gasteiger partial charge in [0, 0.05) is 6.54 Å². The molecule has 0 aliphatic carbocycles. The van der Waals surface area contributed by atoms with E-state index in [-0.39, 0.29) is 5.69 Å². The summed E-state index contributed by atoms with van der Waals surface area (Å²) in [4.78, 5) is 35.2. The van der Waals surface area contributed by atoms with Crippen molar-refractivity contribution in [2.75, 3.05) is 0 Å². The van der Waals surface area contributed by atoms with Crippen LogP contribution in [0.5, 0.6) is 0 Å². The zero-order chi connectivity index (χ0) is 20.4. The smallest absolute Gasteiger partial charge is 0.322 e. The fourth-order valence-electron chi connectivity index (χ4n) is 3.84. The first-order valence-electron chi connectivity index (χ1n) is 10.0. The molecule has 2 aromatic rings. The van der Waals surface area contributed by atoms with Crippen molar-refractivity contribution in [2.24, 2.45) is 0 Å². The molecule has 0 radical (unpaired) electrons. The number of H-pyrrole nitrogens is 1. The lowest BCUT2D eigenvalue weighted by Crippen LogP contribution is -2.29. The molecule has 2 aliphatic rings. The van der Waals surface area contributed by atoms with Crippen LogP contribution < -0.4 is 11.2 Å². The molecule has 0 fully saturated rings. The van der Waals surface area contributed by atoms with Crippen LogP contribution in [-0.4, -0.2) is 19.5 Å². The average Bonchev–Trinajstić information content (AvgIpc) is 2.70. The third-order valence-electron chi connectivity index (χ3n) is 5.28. The minimum atomic E-state index is -0.638. The van der Waals surface area contributed by atoms with Gasteiger partial charge in [-0.25, -0.2) is 9.78 Å². The van der Waals surface area contributed by atoms with Gasteiger partial charge >= 0.3 is 5.69 Å². The van der Waals surface area contributed by atoms with Gasteiger partial charge in [-0.05, 0) is 55.0 Å². The number of nitrogens with one attached hydrogen (secondary N) is 1. The summed E-state index contributed by atoms with van der Waals surface area (Å²) >= 11 is 0. The van der Waals surface area contributed by atoms with E-state index in [1.807, 2.05) is 28.8 Å². The van der Waals surface area contributed by atoms with Gasteiger partial charge in [0.15, 0.2) is 11.5 Å². The average molecular weight is 388 g/mol. The Bertz CT molecular complexity index is 1240. The molecule has 0 aromatic heterocycles. The number of fused-ring (bicyclic) bond motifs is 2. The Kier molecular flexibility index (Phi) is 5.25. The van der Waals surface area contributed by atoms with E-state index in [2.05, 4.69) is 47.0 Å². The number of rotatable bonds is 6. The van der Waals surface area contributed by atoms with E-state index in [0.29, 0.717) is 12.4 Å². The van der Waals surface area contributed by atoms with Crippen LogP contribution in [0.1, 0.15) is 36.5 Å². The SMILES string of the molecule is CCCc1cc2c(cc1C)nc1c(=O)[nH]c(=O)nc-1n2CCCc1ccccc1. The largest absolute Gasteiger partial charge is 0.349 e. The third kappa shape index (κ3) is 3.83. The van der Waals surface area contributed by atoms with Crippen LogP contribution in [0.15, 0.2) is 52.1 Å². The summed E-state index contributed by atoms with van der Waals surface area (Å²) < 4.78 is 1.98. The van der Waals surface area contributed by atoms with Crippen LogP contribution in [0.3, 0.4) is 0 Å². The molecular formula is C23H24N4O2. The first kappa shape index (κ1) is 19.1. The van der Waals surface area contributed by atoms with Gasteiger partial charge in [0.2, 0.25) is 0 Å². The van der Waals surface area contributed by atoms with Gasteiger partial charge in [0.25, 0.3) is 5.56 Å². The lowest BCUT2D eigenvalue weighted by atomic mass is 10.0. The second kappa shape index (κ2) is 7.99. The van der Waals surface area contributed by atoms with Crippen molar-refractivity contribution in [3.8, 4) is 11.5 Å². The molecule has 29 heavy (non-hydrogen) atoms. The lowest BCUT2D eigenvalue weighted by molar-refractivity contribution is 0.648. The molecule has 0 amide bonds. The molecule has 6 heteroatoms. The zero-order valence-corrected chi connectivity index (χ0v) is 16.7. The first-order chi connectivity index (χ1) is 14.1. The fraction of sp³-hybridized carbons (Fsp3) is 0.304. The van der Waals surface area contributed by atoms with Crippen LogP contribution >= 0.6 is 0 Å². The molecule has 0 unspecified atom stereocenters.